The third-order valence-electron chi connectivity index (χ3n) is 4.34. The van der Waals surface area contributed by atoms with Gasteiger partial charge in [-0.2, -0.15) is 10.5 Å². The molecule has 0 bridgehead atoms. The monoisotopic (exact) mass is 416 g/mol. The molecule has 3 aromatic rings. The van der Waals surface area contributed by atoms with Crippen LogP contribution in [0.4, 0.5) is 5.82 Å². The fraction of sp³-hybridized carbons (Fsp3) is 0.0909. The first-order valence-electron chi connectivity index (χ1n) is 8.71. The summed E-state index contributed by atoms with van der Waals surface area (Å²) in [6.07, 6.45) is 0. The summed E-state index contributed by atoms with van der Waals surface area (Å²) in [7, 11) is 1.55. The number of nitrogens with two attached hydrogens (primary N) is 1. The number of nitrogen functional groups attached to an aromatic ring is 1. The van der Waals surface area contributed by atoms with Crippen LogP contribution in [0, 0.1) is 22.7 Å². The van der Waals surface area contributed by atoms with E-state index in [1.54, 1.807) is 49.6 Å². The molecular weight excluding hydrogens is 400 g/mol. The topological polar surface area (TPSA) is 133 Å². The van der Waals surface area contributed by atoms with Gasteiger partial charge in [-0.15, -0.1) is 11.8 Å². The highest BCUT2D eigenvalue weighted by Gasteiger charge is 2.20. The Labute approximate surface area is 177 Å². The largest absolute Gasteiger partial charge is 0.497 e. The van der Waals surface area contributed by atoms with Crippen molar-refractivity contribution in [1.29, 1.82) is 10.5 Å². The van der Waals surface area contributed by atoms with E-state index in [1.807, 2.05) is 6.07 Å². The number of methoxy groups -OCH3 is 1. The Balaban J connectivity index is 2.04. The average Bonchev–Trinajstić information content (AvgIpc) is 2.77. The molecule has 0 amide bonds. The Morgan fingerprint density at radius 2 is 1.87 bits per heavy atom. The van der Waals surface area contributed by atoms with E-state index in [0.717, 1.165) is 5.56 Å². The summed E-state index contributed by atoms with van der Waals surface area (Å²) >= 11 is 1.25. The first-order chi connectivity index (χ1) is 14.5. The molecule has 1 aromatic heterocycles. The molecule has 0 saturated heterocycles. The lowest BCUT2D eigenvalue weighted by atomic mass is 9.97. The van der Waals surface area contributed by atoms with Crippen LogP contribution in [0.5, 0.6) is 5.75 Å². The number of hydrogen-bond donors (Lipinski definition) is 2. The highest BCUT2D eigenvalue weighted by atomic mass is 32.2. The van der Waals surface area contributed by atoms with Crippen LogP contribution in [0.15, 0.2) is 53.6 Å². The number of benzene rings is 2. The van der Waals surface area contributed by atoms with Gasteiger partial charge in [0.2, 0.25) is 0 Å². The minimum atomic E-state index is -1.01. The number of thioether (sulfide) groups is 1. The summed E-state index contributed by atoms with van der Waals surface area (Å²) in [6.45, 7) is 0. The number of rotatable bonds is 6. The van der Waals surface area contributed by atoms with Gasteiger partial charge in [-0.1, -0.05) is 24.3 Å². The van der Waals surface area contributed by atoms with E-state index in [-0.39, 0.29) is 22.5 Å². The van der Waals surface area contributed by atoms with E-state index in [9.17, 15) is 15.3 Å². The van der Waals surface area contributed by atoms with Crippen LogP contribution >= 0.6 is 11.8 Å². The van der Waals surface area contributed by atoms with Crippen LogP contribution in [-0.4, -0.2) is 23.2 Å². The minimum absolute atomic E-state index is 0.0316. The zero-order chi connectivity index (χ0) is 21.7. The summed E-state index contributed by atoms with van der Waals surface area (Å²) in [4.78, 5) is 15.4. The molecule has 0 aliphatic heterocycles. The van der Waals surface area contributed by atoms with Crippen molar-refractivity contribution in [2.75, 3.05) is 12.8 Å². The summed E-state index contributed by atoms with van der Waals surface area (Å²) in [5.41, 5.74) is 8.40. The first-order valence-corrected chi connectivity index (χ1v) is 9.70. The van der Waals surface area contributed by atoms with Crippen molar-refractivity contribution in [3.8, 4) is 29.0 Å². The number of hydrogen-bond acceptors (Lipinski definition) is 7. The van der Waals surface area contributed by atoms with Crippen molar-refractivity contribution in [2.24, 2.45) is 0 Å². The quantitative estimate of drug-likeness (QED) is 0.574. The van der Waals surface area contributed by atoms with Crippen LogP contribution in [-0.2, 0) is 5.75 Å². The van der Waals surface area contributed by atoms with Gasteiger partial charge in [0.25, 0.3) is 0 Å². The third-order valence-corrected chi connectivity index (χ3v) is 5.39. The number of aromatic nitrogens is 1. The number of carboxylic acid groups (broad SMARTS) is 1. The second kappa shape index (κ2) is 8.99. The van der Waals surface area contributed by atoms with Crippen molar-refractivity contribution in [3.05, 3.63) is 70.8 Å². The lowest BCUT2D eigenvalue weighted by molar-refractivity contribution is 0.0696. The van der Waals surface area contributed by atoms with Crippen molar-refractivity contribution >= 4 is 23.5 Å². The number of carbonyl (C=O) groups is 1. The maximum atomic E-state index is 11.2. The predicted octanol–water partition coefficient (Wildman–Crippen LogP) is 4.07. The van der Waals surface area contributed by atoms with Crippen molar-refractivity contribution in [2.45, 2.75) is 10.8 Å². The average molecular weight is 416 g/mol. The van der Waals surface area contributed by atoms with Gasteiger partial charge in [0, 0.05) is 11.3 Å². The SMILES string of the molecule is COc1ccc(-c2c(C#N)c(N)nc(SCc3cccc(C(=O)O)c3)c2C#N)cc1. The predicted molar refractivity (Wildman–Crippen MR) is 113 cm³/mol. The Morgan fingerprint density at radius 3 is 2.47 bits per heavy atom. The molecule has 2 aromatic carbocycles. The molecule has 1 heterocycles. The normalized spacial score (nSPS) is 10.1. The lowest BCUT2D eigenvalue weighted by Gasteiger charge is -2.13. The molecule has 0 aliphatic rings. The van der Waals surface area contributed by atoms with Crippen molar-refractivity contribution < 1.29 is 14.6 Å². The lowest BCUT2D eigenvalue weighted by Crippen LogP contribution is -2.03. The standard InChI is InChI=1S/C22H16N4O3S/c1-29-16-7-5-14(6-8-16)19-17(10-23)20(25)26-21(18(19)11-24)30-12-13-3-2-4-15(9-13)22(27)28/h2-9H,12H2,1H3,(H2,25,26)(H,27,28). The molecular formula is C22H16N4O3S. The summed E-state index contributed by atoms with van der Waals surface area (Å²) in [5, 5.41) is 29.0. The molecule has 30 heavy (non-hydrogen) atoms. The van der Waals surface area contributed by atoms with Crippen LogP contribution in [0.3, 0.4) is 0 Å². The number of nitriles is 2. The molecule has 0 unspecified atom stereocenters. The third kappa shape index (κ3) is 4.19. The zero-order valence-electron chi connectivity index (χ0n) is 15.9. The molecule has 0 radical (unpaired) electrons. The zero-order valence-corrected chi connectivity index (χ0v) is 16.7. The van der Waals surface area contributed by atoms with Gasteiger partial charge >= 0.3 is 5.97 Å². The maximum absolute atomic E-state index is 11.2. The van der Waals surface area contributed by atoms with Crippen LogP contribution in [0.2, 0.25) is 0 Å². The van der Waals surface area contributed by atoms with E-state index in [4.69, 9.17) is 15.6 Å². The second-order valence-electron chi connectivity index (χ2n) is 6.17. The van der Waals surface area contributed by atoms with Gasteiger partial charge in [0.15, 0.2) is 0 Å². The molecule has 8 heteroatoms. The summed E-state index contributed by atoms with van der Waals surface area (Å²) in [5.74, 6) is 0.0489. The number of carboxylic acids is 1. The molecule has 0 aliphatic carbocycles. The molecule has 7 nitrogen and oxygen atoms in total. The van der Waals surface area contributed by atoms with Gasteiger partial charge in [-0.3, -0.25) is 0 Å². The van der Waals surface area contributed by atoms with E-state index >= 15 is 0 Å². The molecule has 3 N–H and O–H groups in total. The number of anilines is 1. The van der Waals surface area contributed by atoms with E-state index in [2.05, 4.69) is 11.1 Å². The molecule has 3 rings (SSSR count). The maximum Gasteiger partial charge on any atom is 0.335 e. The first kappa shape index (κ1) is 20.7. The van der Waals surface area contributed by atoms with Crippen LogP contribution in [0.1, 0.15) is 27.0 Å². The smallest absolute Gasteiger partial charge is 0.335 e. The van der Waals surface area contributed by atoms with Gasteiger partial charge in [0.05, 0.1) is 18.2 Å². The van der Waals surface area contributed by atoms with E-state index < -0.39 is 5.97 Å². The number of nitrogens with zero attached hydrogens (tertiary/aromatic N) is 3. The van der Waals surface area contributed by atoms with Gasteiger partial charge in [-0.25, -0.2) is 9.78 Å². The molecule has 148 valence electrons. The van der Waals surface area contributed by atoms with Gasteiger partial charge < -0.3 is 15.6 Å². The minimum Gasteiger partial charge on any atom is -0.497 e. The Kier molecular flexibility index (Phi) is 6.21. The van der Waals surface area contributed by atoms with Gasteiger partial charge in [0.1, 0.15) is 34.3 Å². The molecule has 0 spiro atoms. The van der Waals surface area contributed by atoms with Crippen LogP contribution < -0.4 is 10.5 Å². The Morgan fingerprint density at radius 1 is 1.17 bits per heavy atom. The van der Waals surface area contributed by atoms with Crippen molar-refractivity contribution in [1.82, 2.24) is 4.98 Å². The van der Waals surface area contributed by atoms with E-state index in [1.165, 1.54) is 17.8 Å². The molecule has 0 saturated carbocycles. The Hall–Kier alpha value is -4.01. The van der Waals surface area contributed by atoms with E-state index in [0.29, 0.717) is 27.7 Å². The summed E-state index contributed by atoms with van der Waals surface area (Å²) in [6, 6.07) is 17.7. The highest BCUT2D eigenvalue weighted by Crippen LogP contribution is 2.37. The highest BCUT2D eigenvalue weighted by molar-refractivity contribution is 7.98. The van der Waals surface area contributed by atoms with Crippen molar-refractivity contribution in [3.63, 3.8) is 0 Å². The molecule has 0 atom stereocenters. The van der Waals surface area contributed by atoms with Crippen LogP contribution in [0.25, 0.3) is 11.1 Å². The Bertz CT molecular complexity index is 1190. The number of pyridine rings is 1. The fourth-order valence-electron chi connectivity index (χ4n) is 2.89. The molecule has 0 fully saturated rings. The fourth-order valence-corrected chi connectivity index (χ4v) is 3.83. The second-order valence-corrected chi connectivity index (χ2v) is 7.14. The summed E-state index contributed by atoms with van der Waals surface area (Å²) < 4.78 is 5.17. The van der Waals surface area contributed by atoms with Gasteiger partial charge in [-0.05, 0) is 35.4 Å². The number of ether oxygens (including phenoxy) is 1. The number of aromatic carboxylic acids is 1.